The predicted molar refractivity (Wildman–Crippen MR) is 51.7 cm³/mol. The molecule has 0 atom stereocenters. The van der Waals surface area contributed by atoms with Gasteiger partial charge in [0.05, 0.1) is 5.39 Å². The van der Waals surface area contributed by atoms with Crippen LogP contribution < -0.4 is 5.56 Å². The second-order valence-corrected chi connectivity index (χ2v) is 2.79. The van der Waals surface area contributed by atoms with Crippen LogP contribution in [0.4, 0.5) is 5.82 Å². The highest BCUT2D eigenvalue weighted by atomic mass is 16.3. The average molecular weight is 190 g/mol. The van der Waals surface area contributed by atoms with E-state index in [4.69, 9.17) is 0 Å². The molecule has 1 aromatic heterocycles. The van der Waals surface area contributed by atoms with Gasteiger partial charge in [-0.1, -0.05) is 18.2 Å². The minimum Gasteiger partial charge on any atom is -0.504 e. The lowest BCUT2D eigenvalue weighted by Gasteiger charge is -2.00. The summed E-state index contributed by atoms with van der Waals surface area (Å²) in [5, 5.41) is 12.7. The molecule has 0 unspecified atom stereocenters. The van der Waals surface area contributed by atoms with Gasteiger partial charge in [0.15, 0.2) is 5.75 Å². The number of nitrogens with zero attached hydrogens (tertiary/aromatic N) is 1. The smallest absolute Gasteiger partial charge is 0.257 e. The summed E-state index contributed by atoms with van der Waals surface area (Å²) in [5.41, 5.74) is -0.437. The molecule has 0 saturated heterocycles. The Morgan fingerprint density at radius 3 is 2.50 bits per heavy atom. The molecule has 2 N–H and O–H groups in total. The fraction of sp³-hybridized carbons (Fsp3) is 0. The molecule has 2 aromatic rings. The number of aromatic hydroxyl groups is 1. The first-order chi connectivity index (χ1) is 6.74. The molecular weight excluding hydrogens is 184 g/mol. The lowest BCUT2D eigenvalue weighted by molar-refractivity contribution is 0.480. The Hall–Kier alpha value is -2.17. The Kier molecular flexibility index (Phi) is 1.78. The highest BCUT2D eigenvalue weighted by molar-refractivity contribution is 5.90. The highest BCUT2D eigenvalue weighted by Crippen LogP contribution is 2.29. The van der Waals surface area contributed by atoms with E-state index in [0.717, 1.165) is 0 Å². The Labute approximate surface area is 78.0 Å². The monoisotopic (exact) mass is 190 g/mol. The largest absolute Gasteiger partial charge is 0.504 e. The van der Waals surface area contributed by atoms with Gasteiger partial charge in [-0.15, -0.1) is 4.91 Å². The number of rotatable bonds is 1. The molecule has 0 spiro atoms. The molecule has 1 heterocycles. The molecule has 0 fully saturated rings. The maximum absolute atomic E-state index is 11.3. The zero-order valence-electron chi connectivity index (χ0n) is 7.02. The van der Waals surface area contributed by atoms with Gasteiger partial charge in [0.1, 0.15) is 0 Å². The number of nitrogens with one attached hydrogen (secondary N) is 1. The van der Waals surface area contributed by atoms with Gasteiger partial charge >= 0.3 is 0 Å². The second-order valence-electron chi connectivity index (χ2n) is 2.79. The molecule has 1 aromatic carbocycles. The van der Waals surface area contributed by atoms with E-state index in [-0.39, 0.29) is 11.6 Å². The average Bonchev–Trinajstić information content (AvgIpc) is 2.23. The molecule has 0 aliphatic rings. The molecule has 0 aliphatic heterocycles. The molecule has 14 heavy (non-hydrogen) atoms. The molecular formula is C9H6N2O3. The first kappa shape index (κ1) is 8.43. The van der Waals surface area contributed by atoms with E-state index in [1.807, 2.05) is 0 Å². The first-order valence-corrected chi connectivity index (χ1v) is 3.91. The summed E-state index contributed by atoms with van der Waals surface area (Å²) in [5.74, 6) is -0.635. The van der Waals surface area contributed by atoms with Gasteiger partial charge in [0.25, 0.3) is 5.56 Å². The van der Waals surface area contributed by atoms with E-state index >= 15 is 0 Å². The van der Waals surface area contributed by atoms with E-state index in [2.05, 4.69) is 10.2 Å². The zero-order chi connectivity index (χ0) is 10.1. The molecule has 0 bridgehead atoms. The summed E-state index contributed by atoms with van der Waals surface area (Å²) >= 11 is 0. The number of H-pyrrole nitrogens is 1. The van der Waals surface area contributed by atoms with Gasteiger partial charge in [-0.05, 0) is 11.2 Å². The van der Waals surface area contributed by atoms with Crippen LogP contribution >= 0.6 is 0 Å². The van der Waals surface area contributed by atoms with Crippen LogP contribution in [-0.4, -0.2) is 10.1 Å². The van der Waals surface area contributed by atoms with E-state index in [9.17, 15) is 14.8 Å². The summed E-state index contributed by atoms with van der Waals surface area (Å²) in [4.78, 5) is 23.8. The topological polar surface area (TPSA) is 82.5 Å². The van der Waals surface area contributed by atoms with Crippen LogP contribution in [0.5, 0.6) is 5.75 Å². The van der Waals surface area contributed by atoms with Gasteiger partial charge in [-0.3, -0.25) is 4.79 Å². The van der Waals surface area contributed by atoms with Gasteiger partial charge in [0.2, 0.25) is 5.82 Å². The number of hydrogen-bond acceptors (Lipinski definition) is 4. The van der Waals surface area contributed by atoms with Crippen molar-refractivity contribution in [2.24, 2.45) is 5.18 Å². The summed E-state index contributed by atoms with van der Waals surface area (Å²) in [6, 6.07) is 6.44. The number of fused-ring (bicyclic) bond motifs is 1. The van der Waals surface area contributed by atoms with Crippen molar-refractivity contribution in [1.29, 1.82) is 0 Å². The van der Waals surface area contributed by atoms with Crippen molar-refractivity contribution in [2.45, 2.75) is 0 Å². The van der Waals surface area contributed by atoms with Crippen molar-refractivity contribution in [3.05, 3.63) is 39.5 Å². The van der Waals surface area contributed by atoms with Crippen LogP contribution in [0.2, 0.25) is 0 Å². The van der Waals surface area contributed by atoms with Crippen molar-refractivity contribution < 1.29 is 5.11 Å². The van der Waals surface area contributed by atoms with Crippen molar-refractivity contribution >= 4 is 16.6 Å². The van der Waals surface area contributed by atoms with Crippen molar-refractivity contribution in [3.8, 4) is 5.75 Å². The van der Waals surface area contributed by atoms with Crippen molar-refractivity contribution in [1.82, 2.24) is 4.98 Å². The predicted octanol–water partition coefficient (Wildman–Crippen LogP) is 1.63. The van der Waals surface area contributed by atoms with Gasteiger partial charge < -0.3 is 10.1 Å². The molecule has 0 saturated carbocycles. The number of aromatic nitrogens is 1. The van der Waals surface area contributed by atoms with E-state index < -0.39 is 5.56 Å². The second kappa shape index (κ2) is 2.95. The molecule has 0 aliphatic carbocycles. The van der Waals surface area contributed by atoms with Crippen molar-refractivity contribution in [2.75, 3.05) is 0 Å². The highest BCUT2D eigenvalue weighted by Gasteiger charge is 2.09. The number of aromatic amines is 1. The Morgan fingerprint density at radius 1 is 1.21 bits per heavy atom. The molecule has 5 nitrogen and oxygen atoms in total. The lowest BCUT2D eigenvalue weighted by Crippen LogP contribution is -2.05. The van der Waals surface area contributed by atoms with Crippen LogP contribution in [0.3, 0.4) is 0 Å². The van der Waals surface area contributed by atoms with Crippen LogP contribution in [0.1, 0.15) is 0 Å². The molecule has 0 amide bonds. The lowest BCUT2D eigenvalue weighted by atomic mass is 10.1. The summed E-state index contributed by atoms with van der Waals surface area (Å²) < 4.78 is 0. The van der Waals surface area contributed by atoms with E-state index in [1.165, 1.54) is 0 Å². The normalized spacial score (nSPS) is 10.3. The number of pyridine rings is 1. The van der Waals surface area contributed by atoms with Crippen molar-refractivity contribution in [3.63, 3.8) is 0 Å². The van der Waals surface area contributed by atoms with Crippen LogP contribution in [0.25, 0.3) is 10.8 Å². The van der Waals surface area contributed by atoms with Gasteiger partial charge in [-0.2, -0.15) is 0 Å². The van der Waals surface area contributed by atoms with Gasteiger partial charge in [0, 0.05) is 5.39 Å². The SMILES string of the molecule is O=Nc1[nH]c(=O)c2ccccc2c1O. The fourth-order valence-corrected chi connectivity index (χ4v) is 1.32. The molecule has 2 rings (SSSR count). The Balaban J connectivity index is 3.02. The summed E-state index contributed by atoms with van der Waals surface area (Å²) in [7, 11) is 0. The quantitative estimate of drug-likeness (QED) is 0.670. The summed E-state index contributed by atoms with van der Waals surface area (Å²) in [6.45, 7) is 0. The first-order valence-electron chi connectivity index (χ1n) is 3.91. The standard InChI is InChI=1S/C9H6N2O3/c12-7-5-3-1-2-4-6(5)9(13)10-8(7)11-14/h1-4,12H,(H,10,13). The molecule has 0 radical (unpaired) electrons. The van der Waals surface area contributed by atoms with E-state index in [1.54, 1.807) is 24.3 Å². The van der Waals surface area contributed by atoms with Crippen LogP contribution in [0.15, 0.2) is 34.2 Å². The third-order valence-corrected chi connectivity index (χ3v) is 1.97. The van der Waals surface area contributed by atoms with E-state index in [0.29, 0.717) is 10.8 Å². The van der Waals surface area contributed by atoms with Crippen LogP contribution in [-0.2, 0) is 0 Å². The van der Waals surface area contributed by atoms with Gasteiger partial charge in [-0.25, -0.2) is 0 Å². The summed E-state index contributed by atoms with van der Waals surface area (Å²) in [6.07, 6.45) is 0. The Morgan fingerprint density at radius 2 is 1.86 bits per heavy atom. The third-order valence-electron chi connectivity index (χ3n) is 1.97. The minimum atomic E-state index is -0.437. The fourth-order valence-electron chi connectivity index (χ4n) is 1.32. The Bertz CT molecular complexity index is 559. The number of hydrogen-bond donors (Lipinski definition) is 2. The minimum absolute atomic E-state index is 0.296. The maximum Gasteiger partial charge on any atom is 0.257 e. The van der Waals surface area contributed by atoms with Crippen LogP contribution in [0, 0.1) is 4.91 Å². The maximum atomic E-state index is 11.3. The number of benzene rings is 1. The number of nitroso groups, excluding NO2 is 1. The third kappa shape index (κ3) is 1.06. The molecule has 5 heteroatoms. The zero-order valence-corrected chi connectivity index (χ0v) is 7.02. The molecule has 70 valence electrons.